The number of aliphatic imine (C=N–C) groups is 1. The molecule has 0 aliphatic carbocycles. The van der Waals surface area contributed by atoms with E-state index in [-0.39, 0.29) is 12.0 Å². The van der Waals surface area contributed by atoms with Gasteiger partial charge in [0.05, 0.1) is 19.8 Å². The van der Waals surface area contributed by atoms with E-state index in [1.165, 1.54) is 17.7 Å². The molecule has 31 heavy (non-hydrogen) atoms. The van der Waals surface area contributed by atoms with Crippen LogP contribution in [0.25, 0.3) is 21.5 Å². The Kier molecular flexibility index (Phi) is 5.96. The molecule has 0 atom stereocenters. The van der Waals surface area contributed by atoms with E-state index in [0.717, 1.165) is 39.2 Å². The van der Waals surface area contributed by atoms with E-state index >= 15 is 0 Å². The number of pyridine rings is 1. The zero-order valence-corrected chi connectivity index (χ0v) is 19.0. The number of carbonyl (C=O) groups excluding carboxylic acids is 1. The second-order valence-electron chi connectivity index (χ2n) is 8.14. The molecule has 3 heterocycles. The minimum Gasteiger partial charge on any atom is -0.490 e. The molecular weight excluding hydrogens is 412 g/mol. The lowest BCUT2D eigenvalue weighted by Gasteiger charge is -2.33. The number of hydrogen-bond acceptors (Lipinski definition) is 7. The topological polar surface area (TPSA) is 70.0 Å². The maximum atomic E-state index is 13.0. The molecule has 0 fully saturated rings. The maximum Gasteiger partial charge on any atom is 0.341 e. The van der Waals surface area contributed by atoms with Gasteiger partial charge in [0.2, 0.25) is 0 Å². The van der Waals surface area contributed by atoms with Crippen molar-refractivity contribution in [3.8, 4) is 17.0 Å². The number of benzene rings is 1. The predicted octanol–water partition coefficient (Wildman–Crippen LogP) is 5.80. The highest BCUT2D eigenvalue weighted by Crippen LogP contribution is 2.48. The Morgan fingerprint density at radius 3 is 2.74 bits per heavy atom. The summed E-state index contributed by atoms with van der Waals surface area (Å²) in [6, 6.07) is 9.98. The van der Waals surface area contributed by atoms with E-state index in [4.69, 9.17) is 19.2 Å². The lowest BCUT2D eigenvalue weighted by atomic mass is 9.82. The third-order valence-corrected chi connectivity index (χ3v) is 6.07. The average molecular weight is 439 g/mol. The highest BCUT2D eigenvalue weighted by atomic mass is 32.1. The molecule has 0 unspecified atom stereocenters. The summed E-state index contributed by atoms with van der Waals surface area (Å²) in [4.78, 5) is 23.1. The monoisotopic (exact) mass is 438 g/mol. The summed E-state index contributed by atoms with van der Waals surface area (Å²) in [5.74, 6) is 0.332. The molecule has 162 valence electrons. The Labute approximate surface area is 185 Å². The van der Waals surface area contributed by atoms with Gasteiger partial charge in [-0.2, -0.15) is 0 Å². The number of fused-ring (bicyclic) bond motifs is 3. The molecule has 0 bridgehead atoms. The lowest BCUT2D eigenvalue weighted by Crippen LogP contribution is -2.29. The summed E-state index contributed by atoms with van der Waals surface area (Å²) < 4.78 is 16.9. The molecule has 0 amide bonds. The summed E-state index contributed by atoms with van der Waals surface area (Å²) in [5.41, 5.74) is 3.11. The van der Waals surface area contributed by atoms with Gasteiger partial charge in [0.15, 0.2) is 6.40 Å². The number of hydrogen-bond donors (Lipinski definition) is 0. The first-order valence-corrected chi connectivity index (χ1v) is 11.3. The number of nitrogens with zero attached hydrogens (tertiary/aromatic N) is 2. The van der Waals surface area contributed by atoms with E-state index in [9.17, 15) is 4.79 Å². The molecular formula is C24H26N2O4S. The Balaban J connectivity index is 2.02. The summed E-state index contributed by atoms with van der Waals surface area (Å²) in [6.07, 6.45) is 2.14. The first-order valence-electron chi connectivity index (χ1n) is 10.4. The second-order valence-corrected chi connectivity index (χ2v) is 9.11. The smallest absolute Gasteiger partial charge is 0.341 e. The van der Waals surface area contributed by atoms with Crippen LogP contribution in [0.4, 0.5) is 5.00 Å². The van der Waals surface area contributed by atoms with Crippen molar-refractivity contribution in [1.82, 2.24) is 4.98 Å². The van der Waals surface area contributed by atoms with Crippen molar-refractivity contribution in [2.45, 2.75) is 34.1 Å². The van der Waals surface area contributed by atoms with Crippen molar-refractivity contribution in [2.75, 3.05) is 19.8 Å². The standard InChI is InChI=1S/C24H26N2O4S/c1-5-28-14-25-21-18(23(27)29-6-2)17-16-12-24(3,4)13-30-20(16)19(26-22(17)31-21)15-10-8-7-9-11-15/h7-11,14H,5-6,12-13H2,1-4H3/b25-14+. The molecule has 6 nitrogen and oxygen atoms in total. The Hall–Kier alpha value is -2.93. The Morgan fingerprint density at radius 1 is 1.26 bits per heavy atom. The third-order valence-electron chi connectivity index (χ3n) is 5.08. The molecule has 1 aromatic carbocycles. The van der Waals surface area contributed by atoms with Crippen molar-refractivity contribution in [3.63, 3.8) is 0 Å². The van der Waals surface area contributed by atoms with Crippen molar-refractivity contribution in [3.05, 3.63) is 41.5 Å². The van der Waals surface area contributed by atoms with Gasteiger partial charge in [-0.05, 0) is 20.3 Å². The fourth-order valence-corrected chi connectivity index (χ4v) is 4.76. The number of ether oxygens (including phenoxy) is 3. The quantitative estimate of drug-likeness (QED) is 0.276. The number of rotatable bonds is 6. The zero-order chi connectivity index (χ0) is 22.0. The Bertz CT molecular complexity index is 1140. The number of thiophene rings is 1. The number of carbonyl (C=O) groups is 1. The van der Waals surface area contributed by atoms with Gasteiger partial charge in [-0.25, -0.2) is 14.8 Å². The summed E-state index contributed by atoms with van der Waals surface area (Å²) in [5, 5.41) is 1.31. The van der Waals surface area contributed by atoms with Crippen molar-refractivity contribution < 1.29 is 19.0 Å². The maximum absolute atomic E-state index is 13.0. The van der Waals surface area contributed by atoms with E-state index in [1.807, 2.05) is 37.3 Å². The van der Waals surface area contributed by atoms with Gasteiger partial charge in [0.1, 0.15) is 26.8 Å². The van der Waals surface area contributed by atoms with Crippen molar-refractivity contribution >= 4 is 38.9 Å². The first kappa shape index (κ1) is 21.3. The number of aromatic nitrogens is 1. The summed E-state index contributed by atoms with van der Waals surface area (Å²) >= 11 is 1.36. The fourth-order valence-electron chi connectivity index (χ4n) is 3.73. The van der Waals surface area contributed by atoms with Gasteiger partial charge in [0.25, 0.3) is 0 Å². The van der Waals surface area contributed by atoms with Crippen molar-refractivity contribution in [1.29, 1.82) is 0 Å². The van der Waals surface area contributed by atoms with Crippen LogP contribution in [-0.4, -0.2) is 37.2 Å². The summed E-state index contributed by atoms with van der Waals surface area (Å²) in [6.45, 7) is 9.36. The van der Waals surface area contributed by atoms with Crippen molar-refractivity contribution in [2.24, 2.45) is 10.4 Å². The molecule has 2 aromatic heterocycles. The van der Waals surface area contributed by atoms with E-state index in [0.29, 0.717) is 23.8 Å². The minimum absolute atomic E-state index is 0.0716. The van der Waals surface area contributed by atoms with E-state index < -0.39 is 5.97 Å². The lowest BCUT2D eigenvalue weighted by molar-refractivity contribution is 0.0530. The van der Waals surface area contributed by atoms with Crippen LogP contribution >= 0.6 is 11.3 Å². The van der Waals surface area contributed by atoms with E-state index in [2.05, 4.69) is 18.8 Å². The fraction of sp³-hybridized carbons (Fsp3) is 0.375. The molecule has 1 aliphatic heterocycles. The van der Waals surface area contributed by atoms with Gasteiger partial charge in [-0.1, -0.05) is 55.5 Å². The highest BCUT2D eigenvalue weighted by molar-refractivity contribution is 7.22. The van der Waals surface area contributed by atoms with Crippen LogP contribution in [0.1, 0.15) is 43.6 Å². The largest absolute Gasteiger partial charge is 0.490 e. The number of esters is 1. The van der Waals surface area contributed by atoms with Gasteiger partial charge >= 0.3 is 5.97 Å². The molecule has 3 aromatic rings. The SMILES string of the molecule is CCO/C=N/c1sc2nc(-c3ccccc3)c3c(c2c1C(=O)OCC)CC(C)(C)CO3. The summed E-state index contributed by atoms with van der Waals surface area (Å²) in [7, 11) is 0. The second kappa shape index (κ2) is 8.67. The molecule has 1 aliphatic rings. The minimum atomic E-state index is -0.405. The van der Waals surface area contributed by atoms with Crippen LogP contribution < -0.4 is 4.74 Å². The van der Waals surface area contributed by atoms with Gasteiger partial charge in [-0.3, -0.25) is 0 Å². The molecule has 0 N–H and O–H groups in total. The van der Waals surface area contributed by atoms with Crippen LogP contribution in [0.5, 0.6) is 5.75 Å². The molecule has 0 spiro atoms. The van der Waals surface area contributed by atoms with Crippen LogP contribution in [0, 0.1) is 5.41 Å². The third kappa shape index (κ3) is 4.14. The first-order chi connectivity index (χ1) is 14.9. The van der Waals surface area contributed by atoms with Crippen LogP contribution in [-0.2, 0) is 15.9 Å². The molecule has 0 saturated heterocycles. The van der Waals surface area contributed by atoms with Gasteiger partial charge < -0.3 is 14.2 Å². The van der Waals surface area contributed by atoms with Gasteiger partial charge in [0, 0.05) is 21.9 Å². The van der Waals surface area contributed by atoms with Crippen LogP contribution in [0.3, 0.4) is 0 Å². The predicted molar refractivity (Wildman–Crippen MR) is 124 cm³/mol. The average Bonchev–Trinajstić information content (AvgIpc) is 3.12. The highest BCUT2D eigenvalue weighted by Gasteiger charge is 2.34. The Morgan fingerprint density at radius 2 is 2.03 bits per heavy atom. The molecule has 4 rings (SSSR count). The molecule has 0 saturated carbocycles. The normalized spacial score (nSPS) is 15.0. The van der Waals surface area contributed by atoms with E-state index in [1.54, 1.807) is 6.92 Å². The molecule has 7 heteroatoms. The van der Waals surface area contributed by atoms with Crippen LogP contribution in [0.15, 0.2) is 35.3 Å². The zero-order valence-electron chi connectivity index (χ0n) is 18.2. The van der Waals surface area contributed by atoms with Gasteiger partial charge in [-0.15, -0.1) is 0 Å². The van der Waals surface area contributed by atoms with Crippen LogP contribution in [0.2, 0.25) is 0 Å². The molecule has 0 radical (unpaired) electrons.